The van der Waals surface area contributed by atoms with E-state index in [0.29, 0.717) is 6.54 Å². The van der Waals surface area contributed by atoms with Crippen molar-refractivity contribution in [1.82, 2.24) is 29.9 Å². The standard InChI is InChI=1S/C15H24N6/c1-4-20-15(17-10-18-20)9-21-12(3)14(11(2)19-21)7-8-16-13-5-6-13/h10,13,16H,4-9H2,1-3H3. The third kappa shape index (κ3) is 3.15. The van der Waals surface area contributed by atoms with Crippen molar-refractivity contribution < 1.29 is 0 Å². The molecule has 0 amide bonds. The molecule has 0 unspecified atom stereocenters. The molecule has 1 aliphatic rings. The average molecular weight is 288 g/mol. The molecule has 1 fully saturated rings. The van der Waals surface area contributed by atoms with Crippen LogP contribution in [0.1, 0.15) is 42.5 Å². The van der Waals surface area contributed by atoms with Crippen LogP contribution >= 0.6 is 0 Å². The van der Waals surface area contributed by atoms with Gasteiger partial charge in [0.1, 0.15) is 18.7 Å². The molecule has 0 spiro atoms. The van der Waals surface area contributed by atoms with E-state index in [1.807, 2.05) is 4.68 Å². The average Bonchev–Trinajstić information content (AvgIpc) is 3.12. The van der Waals surface area contributed by atoms with Crippen molar-refractivity contribution in [2.75, 3.05) is 6.54 Å². The first kappa shape index (κ1) is 14.3. The van der Waals surface area contributed by atoms with Gasteiger partial charge in [-0.25, -0.2) is 9.67 Å². The van der Waals surface area contributed by atoms with Crippen LogP contribution in [0.5, 0.6) is 0 Å². The predicted molar refractivity (Wildman–Crippen MR) is 81.2 cm³/mol. The maximum absolute atomic E-state index is 4.68. The number of rotatable bonds is 7. The second-order valence-corrected chi connectivity index (χ2v) is 5.78. The molecule has 1 saturated carbocycles. The number of aromatic nitrogens is 5. The van der Waals surface area contributed by atoms with Crippen LogP contribution < -0.4 is 5.32 Å². The first-order valence-electron chi connectivity index (χ1n) is 7.82. The Morgan fingerprint density at radius 2 is 2.10 bits per heavy atom. The molecule has 1 aliphatic carbocycles. The lowest BCUT2D eigenvalue weighted by Gasteiger charge is -2.07. The molecular weight excluding hydrogens is 264 g/mol. The third-order valence-corrected chi connectivity index (χ3v) is 4.20. The predicted octanol–water partition coefficient (Wildman–Crippen LogP) is 1.45. The van der Waals surface area contributed by atoms with Crippen LogP contribution in [0.25, 0.3) is 0 Å². The van der Waals surface area contributed by atoms with Gasteiger partial charge >= 0.3 is 0 Å². The van der Waals surface area contributed by atoms with Crippen LogP contribution in [0.3, 0.4) is 0 Å². The SMILES string of the molecule is CCn1ncnc1Cn1nc(C)c(CCNC2CC2)c1C. The smallest absolute Gasteiger partial charge is 0.148 e. The highest BCUT2D eigenvalue weighted by molar-refractivity contribution is 5.25. The van der Waals surface area contributed by atoms with Crippen molar-refractivity contribution in [2.45, 2.75) is 59.2 Å². The van der Waals surface area contributed by atoms with Gasteiger partial charge in [0, 0.05) is 18.3 Å². The van der Waals surface area contributed by atoms with Crippen molar-refractivity contribution >= 4 is 0 Å². The molecule has 2 aromatic heterocycles. The molecule has 6 nitrogen and oxygen atoms in total. The summed E-state index contributed by atoms with van der Waals surface area (Å²) in [5.74, 6) is 0.964. The molecule has 0 aliphatic heterocycles. The Labute approximate surface area is 125 Å². The molecule has 0 aromatic carbocycles. The molecule has 114 valence electrons. The molecular formula is C15H24N6. The van der Waals surface area contributed by atoms with Gasteiger partial charge in [-0.2, -0.15) is 10.2 Å². The first-order valence-corrected chi connectivity index (χ1v) is 7.82. The Morgan fingerprint density at radius 1 is 1.29 bits per heavy atom. The van der Waals surface area contributed by atoms with Crippen LogP contribution in [-0.4, -0.2) is 37.1 Å². The Balaban J connectivity index is 1.70. The summed E-state index contributed by atoms with van der Waals surface area (Å²) in [7, 11) is 0. The molecule has 21 heavy (non-hydrogen) atoms. The largest absolute Gasteiger partial charge is 0.314 e. The van der Waals surface area contributed by atoms with Crippen LogP contribution in [0.2, 0.25) is 0 Å². The third-order valence-electron chi connectivity index (χ3n) is 4.20. The van der Waals surface area contributed by atoms with Gasteiger partial charge in [-0.05, 0) is 52.1 Å². The van der Waals surface area contributed by atoms with Crippen molar-refractivity contribution in [2.24, 2.45) is 0 Å². The molecule has 1 N–H and O–H groups in total. The van der Waals surface area contributed by atoms with E-state index >= 15 is 0 Å². The minimum absolute atomic E-state index is 0.691. The molecule has 0 radical (unpaired) electrons. The summed E-state index contributed by atoms with van der Waals surface area (Å²) in [5, 5.41) is 12.5. The fourth-order valence-corrected chi connectivity index (χ4v) is 2.75. The van der Waals surface area contributed by atoms with Gasteiger partial charge in [0.15, 0.2) is 0 Å². The highest BCUT2D eigenvalue weighted by Crippen LogP contribution is 2.19. The van der Waals surface area contributed by atoms with E-state index in [1.54, 1.807) is 6.33 Å². The highest BCUT2D eigenvalue weighted by Gasteiger charge is 2.20. The van der Waals surface area contributed by atoms with Crippen LogP contribution in [0.4, 0.5) is 0 Å². The lowest BCUT2D eigenvalue weighted by atomic mass is 10.1. The second-order valence-electron chi connectivity index (χ2n) is 5.78. The summed E-state index contributed by atoms with van der Waals surface area (Å²) in [6, 6.07) is 0.767. The van der Waals surface area contributed by atoms with Gasteiger partial charge in [-0.1, -0.05) is 0 Å². The van der Waals surface area contributed by atoms with Gasteiger partial charge in [-0.15, -0.1) is 0 Å². The molecule has 2 heterocycles. The quantitative estimate of drug-likeness (QED) is 0.838. The van der Waals surface area contributed by atoms with Crippen molar-refractivity contribution in [3.63, 3.8) is 0 Å². The van der Waals surface area contributed by atoms with Gasteiger partial charge in [0.2, 0.25) is 0 Å². The van der Waals surface area contributed by atoms with E-state index in [9.17, 15) is 0 Å². The minimum Gasteiger partial charge on any atom is -0.314 e. The number of nitrogens with zero attached hydrogens (tertiary/aromatic N) is 5. The Kier molecular flexibility index (Phi) is 4.05. The normalized spacial score (nSPS) is 14.8. The van der Waals surface area contributed by atoms with Crippen molar-refractivity contribution in [3.8, 4) is 0 Å². The van der Waals surface area contributed by atoms with Crippen LogP contribution in [0, 0.1) is 13.8 Å². The molecule has 6 heteroatoms. The maximum Gasteiger partial charge on any atom is 0.148 e. The van der Waals surface area contributed by atoms with E-state index in [0.717, 1.165) is 37.1 Å². The van der Waals surface area contributed by atoms with Crippen molar-refractivity contribution in [3.05, 3.63) is 29.1 Å². The topological polar surface area (TPSA) is 60.6 Å². The van der Waals surface area contributed by atoms with E-state index in [-0.39, 0.29) is 0 Å². The van der Waals surface area contributed by atoms with E-state index < -0.39 is 0 Å². The van der Waals surface area contributed by atoms with Gasteiger partial charge < -0.3 is 5.32 Å². The van der Waals surface area contributed by atoms with E-state index in [2.05, 4.69) is 46.0 Å². The Bertz CT molecular complexity index is 608. The lowest BCUT2D eigenvalue weighted by Crippen LogP contribution is -2.19. The zero-order valence-corrected chi connectivity index (χ0v) is 13.1. The Hall–Kier alpha value is -1.69. The van der Waals surface area contributed by atoms with E-state index in [1.165, 1.54) is 24.1 Å². The summed E-state index contributed by atoms with van der Waals surface area (Å²) in [6.07, 6.45) is 5.34. The number of hydrogen-bond donors (Lipinski definition) is 1. The van der Waals surface area contributed by atoms with Gasteiger partial charge in [0.05, 0.1) is 5.69 Å². The maximum atomic E-state index is 4.68. The molecule has 2 aromatic rings. The minimum atomic E-state index is 0.691. The molecule has 3 rings (SSSR count). The van der Waals surface area contributed by atoms with Gasteiger partial charge in [-0.3, -0.25) is 4.68 Å². The summed E-state index contributed by atoms with van der Waals surface area (Å²) < 4.78 is 3.97. The second kappa shape index (κ2) is 5.97. The zero-order valence-electron chi connectivity index (χ0n) is 13.1. The Morgan fingerprint density at radius 3 is 2.81 bits per heavy atom. The molecule has 0 bridgehead atoms. The zero-order chi connectivity index (χ0) is 14.8. The molecule has 0 saturated heterocycles. The number of aryl methyl sites for hydroxylation is 2. The monoisotopic (exact) mass is 288 g/mol. The van der Waals surface area contributed by atoms with Crippen LogP contribution in [0.15, 0.2) is 6.33 Å². The van der Waals surface area contributed by atoms with Crippen molar-refractivity contribution in [1.29, 1.82) is 0 Å². The fraction of sp³-hybridized carbons (Fsp3) is 0.667. The lowest BCUT2D eigenvalue weighted by molar-refractivity contribution is 0.558. The van der Waals surface area contributed by atoms with E-state index in [4.69, 9.17) is 0 Å². The number of nitrogens with one attached hydrogen (secondary N) is 1. The number of hydrogen-bond acceptors (Lipinski definition) is 4. The first-order chi connectivity index (χ1) is 10.2. The molecule has 0 atom stereocenters. The van der Waals surface area contributed by atoms with Crippen LogP contribution in [-0.2, 0) is 19.5 Å². The fourth-order valence-electron chi connectivity index (χ4n) is 2.75. The highest BCUT2D eigenvalue weighted by atomic mass is 15.4. The van der Waals surface area contributed by atoms with Gasteiger partial charge in [0.25, 0.3) is 0 Å². The summed E-state index contributed by atoms with van der Waals surface area (Å²) in [4.78, 5) is 4.33. The summed E-state index contributed by atoms with van der Waals surface area (Å²) in [6.45, 7) is 8.90. The summed E-state index contributed by atoms with van der Waals surface area (Å²) >= 11 is 0. The summed E-state index contributed by atoms with van der Waals surface area (Å²) in [5.41, 5.74) is 3.74.